The highest BCUT2D eigenvalue weighted by molar-refractivity contribution is 7.98. The first-order valence-corrected chi connectivity index (χ1v) is 18.4. The van der Waals surface area contributed by atoms with Crippen LogP contribution in [0.5, 0.6) is 5.75 Å². The number of carbonyl (C=O) groups excluding carboxylic acids is 5. The number of rotatable bonds is 20. The molecule has 0 bridgehead atoms. The van der Waals surface area contributed by atoms with Gasteiger partial charge in [0.1, 0.15) is 17.8 Å². The molecule has 7 N–H and O–H groups in total. The van der Waals surface area contributed by atoms with E-state index in [0.29, 0.717) is 38.0 Å². The summed E-state index contributed by atoms with van der Waals surface area (Å²) in [6, 6.07) is 4.52. The van der Waals surface area contributed by atoms with E-state index in [1.807, 2.05) is 53.0 Å². The number of methoxy groups -OCH3 is 1. The van der Waals surface area contributed by atoms with Crippen molar-refractivity contribution >= 4 is 41.4 Å². The second-order valence-corrected chi connectivity index (χ2v) is 13.8. The molecule has 0 aromatic heterocycles. The van der Waals surface area contributed by atoms with Gasteiger partial charge in [0, 0.05) is 19.4 Å². The Morgan fingerprint density at radius 1 is 0.780 bits per heavy atom. The Bertz CT molecular complexity index is 1450. The van der Waals surface area contributed by atoms with Crippen molar-refractivity contribution in [3.63, 3.8) is 0 Å². The summed E-state index contributed by atoms with van der Waals surface area (Å²) in [6.45, 7) is 9.58. The number of nitrogens with one attached hydrogen (secondary N) is 4. The Morgan fingerprint density at radius 3 is 1.96 bits per heavy atom. The lowest BCUT2D eigenvalue weighted by Crippen LogP contribution is -2.54. The molecule has 276 valence electrons. The Kier molecular flexibility index (Phi) is 17.8. The van der Waals surface area contributed by atoms with E-state index in [1.165, 1.54) is 18.9 Å². The van der Waals surface area contributed by atoms with Gasteiger partial charge in [-0.1, -0.05) is 24.1 Å². The number of aromatic hydroxyl groups is 1. The van der Waals surface area contributed by atoms with E-state index in [0.717, 1.165) is 45.4 Å². The molecule has 3 atom stereocenters. The average Bonchev–Trinajstić information content (AvgIpc) is 3.05. The first-order valence-electron chi connectivity index (χ1n) is 17.0. The van der Waals surface area contributed by atoms with Gasteiger partial charge in [-0.2, -0.15) is 11.8 Å². The van der Waals surface area contributed by atoms with Crippen molar-refractivity contribution < 1.29 is 33.8 Å². The molecule has 0 radical (unpaired) electrons. The third-order valence-corrected chi connectivity index (χ3v) is 9.24. The highest BCUT2D eigenvalue weighted by Crippen LogP contribution is 2.22. The zero-order valence-electron chi connectivity index (χ0n) is 30.5. The van der Waals surface area contributed by atoms with Gasteiger partial charge < -0.3 is 36.8 Å². The van der Waals surface area contributed by atoms with E-state index in [-0.39, 0.29) is 30.5 Å². The number of benzene rings is 2. The summed E-state index contributed by atoms with van der Waals surface area (Å²) in [5.41, 5.74) is 12.8. The quantitative estimate of drug-likeness (QED) is 0.0886. The number of nitrogens with two attached hydrogens (primary N) is 1. The fraction of sp³-hybridized carbons (Fsp3) is 0.541. The standard InChI is InChI=1S/C37H55N5O7S/c1-22-15-23(2)29(24(3)16-22)20-32(37(48)39-13-10-8-9-11-34(45)49-6)41-33(44)21-40-36(47)31(12-14-50-7)42-35(46)30(38)19-28-25(4)17-27(43)18-26(28)5/h15-18,30-32,43H,8-14,19-21,38H2,1-7H3,(H,39,48)(H,40,47)(H,41,44)(H,42,46)/t30-,31+,32?/m0/s1. The van der Waals surface area contributed by atoms with Crippen molar-refractivity contribution in [1.29, 1.82) is 0 Å². The summed E-state index contributed by atoms with van der Waals surface area (Å²) in [5, 5.41) is 20.9. The van der Waals surface area contributed by atoms with E-state index >= 15 is 0 Å². The third-order valence-electron chi connectivity index (χ3n) is 8.59. The lowest BCUT2D eigenvalue weighted by molar-refractivity contribution is -0.140. The number of hydrogen-bond donors (Lipinski definition) is 6. The van der Waals surface area contributed by atoms with Crippen LogP contribution in [0.2, 0.25) is 0 Å². The zero-order valence-corrected chi connectivity index (χ0v) is 31.3. The highest BCUT2D eigenvalue weighted by atomic mass is 32.2. The number of hydrogen-bond acceptors (Lipinski definition) is 9. The molecule has 0 aliphatic rings. The van der Waals surface area contributed by atoms with E-state index in [2.05, 4.69) is 26.0 Å². The molecule has 0 fully saturated rings. The Balaban J connectivity index is 2.06. The van der Waals surface area contributed by atoms with E-state index in [1.54, 1.807) is 12.1 Å². The molecule has 1 unspecified atom stereocenters. The van der Waals surface area contributed by atoms with Crippen molar-refractivity contribution in [3.05, 3.63) is 63.2 Å². The van der Waals surface area contributed by atoms with Crippen molar-refractivity contribution in [2.45, 2.75) is 97.7 Å². The van der Waals surface area contributed by atoms with Crippen LogP contribution < -0.4 is 27.0 Å². The molecule has 2 aromatic rings. The van der Waals surface area contributed by atoms with Crippen LogP contribution in [0.25, 0.3) is 0 Å². The van der Waals surface area contributed by atoms with Crippen LogP contribution in [-0.4, -0.2) is 85.0 Å². The molecule has 0 aliphatic heterocycles. The number of unbranched alkanes of at least 4 members (excludes halogenated alkanes) is 2. The predicted molar refractivity (Wildman–Crippen MR) is 197 cm³/mol. The lowest BCUT2D eigenvalue weighted by atomic mass is 9.94. The smallest absolute Gasteiger partial charge is 0.305 e. The van der Waals surface area contributed by atoms with Gasteiger partial charge in [-0.25, -0.2) is 0 Å². The Hall–Kier alpha value is -4.10. The Labute approximate surface area is 300 Å². The van der Waals surface area contributed by atoms with E-state index < -0.39 is 42.4 Å². The fourth-order valence-corrected chi connectivity index (χ4v) is 6.35. The van der Waals surface area contributed by atoms with Gasteiger partial charge in [0.2, 0.25) is 23.6 Å². The van der Waals surface area contributed by atoms with Crippen LogP contribution in [0.3, 0.4) is 0 Å². The van der Waals surface area contributed by atoms with Crippen LogP contribution in [-0.2, 0) is 41.6 Å². The molecular weight excluding hydrogens is 659 g/mol. The van der Waals surface area contributed by atoms with Crippen molar-refractivity contribution in [2.75, 3.05) is 32.2 Å². The maximum Gasteiger partial charge on any atom is 0.305 e. The van der Waals surface area contributed by atoms with Gasteiger partial charge in [0.25, 0.3) is 0 Å². The molecule has 0 aliphatic carbocycles. The van der Waals surface area contributed by atoms with E-state index in [9.17, 15) is 29.1 Å². The number of ether oxygens (including phenoxy) is 1. The van der Waals surface area contributed by atoms with Crippen LogP contribution in [0, 0.1) is 34.6 Å². The number of thioether (sulfide) groups is 1. The topological polar surface area (TPSA) is 189 Å². The Morgan fingerprint density at radius 2 is 1.36 bits per heavy atom. The first-order chi connectivity index (χ1) is 23.7. The van der Waals surface area contributed by atoms with Crippen molar-refractivity contribution in [3.8, 4) is 5.75 Å². The number of phenols is 1. The molecule has 13 heteroatoms. The van der Waals surface area contributed by atoms with Gasteiger partial charge in [-0.05, 0) is 118 Å². The van der Waals surface area contributed by atoms with Gasteiger partial charge in [-0.3, -0.25) is 24.0 Å². The second-order valence-electron chi connectivity index (χ2n) is 12.8. The third kappa shape index (κ3) is 14.0. The summed E-state index contributed by atoms with van der Waals surface area (Å²) >= 11 is 1.51. The van der Waals surface area contributed by atoms with E-state index in [4.69, 9.17) is 5.73 Å². The molecule has 0 spiro atoms. The molecule has 4 amide bonds. The lowest BCUT2D eigenvalue weighted by Gasteiger charge is -2.23. The van der Waals surface area contributed by atoms with Gasteiger partial charge in [0.05, 0.1) is 19.7 Å². The van der Waals surface area contributed by atoms with Gasteiger partial charge in [0.15, 0.2) is 0 Å². The maximum atomic E-state index is 13.3. The van der Waals surface area contributed by atoms with Crippen LogP contribution in [0.15, 0.2) is 24.3 Å². The average molecular weight is 714 g/mol. The summed E-state index contributed by atoms with van der Waals surface area (Å²) in [6.07, 6.45) is 5.03. The number of aryl methyl sites for hydroxylation is 5. The van der Waals surface area contributed by atoms with Crippen molar-refractivity contribution in [2.24, 2.45) is 5.73 Å². The highest BCUT2D eigenvalue weighted by Gasteiger charge is 2.27. The summed E-state index contributed by atoms with van der Waals surface area (Å²) in [5.74, 6) is -1.51. The van der Waals surface area contributed by atoms with Crippen molar-refractivity contribution in [1.82, 2.24) is 21.3 Å². The second kappa shape index (κ2) is 21.2. The normalized spacial score (nSPS) is 12.7. The number of carbonyl (C=O) groups is 5. The SMILES string of the molecule is COC(=O)CCCCCNC(=O)C(Cc1c(C)cc(C)cc1C)NC(=O)CNC(=O)[C@@H](CCSC)NC(=O)[C@@H](N)Cc1c(C)cc(O)cc1C. The van der Waals surface area contributed by atoms with Crippen LogP contribution >= 0.6 is 11.8 Å². The fourth-order valence-electron chi connectivity index (χ4n) is 5.88. The summed E-state index contributed by atoms with van der Waals surface area (Å²) in [4.78, 5) is 64.2. The number of phenolic OH excluding ortho intramolecular Hbond substituents is 1. The minimum absolute atomic E-state index is 0.135. The first kappa shape index (κ1) is 42.1. The maximum absolute atomic E-state index is 13.3. The van der Waals surface area contributed by atoms with Crippen LogP contribution in [0.1, 0.15) is 71.0 Å². The number of esters is 1. The number of amides is 4. The molecule has 0 saturated carbocycles. The molecule has 12 nitrogen and oxygen atoms in total. The molecule has 0 heterocycles. The minimum atomic E-state index is -0.939. The molecule has 0 saturated heterocycles. The molecule has 2 aromatic carbocycles. The monoisotopic (exact) mass is 713 g/mol. The van der Waals surface area contributed by atoms with Crippen LogP contribution in [0.4, 0.5) is 0 Å². The summed E-state index contributed by atoms with van der Waals surface area (Å²) in [7, 11) is 1.35. The van der Waals surface area contributed by atoms with Gasteiger partial charge in [-0.15, -0.1) is 0 Å². The molecule has 50 heavy (non-hydrogen) atoms. The van der Waals surface area contributed by atoms with Gasteiger partial charge >= 0.3 is 5.97 Å². The zero-order chi connectivity index (χ0) is 37.4. The molecule has 2 rings (SSSR count). The summed E-state index contributed by atoms with van der Waals surface area (Å²) < 4.78 is 4.66. The molecular formula is C37H55N5O7S. The predicted octanol–water partition coefficient (Wildman–Crippen LogP) is 2.74. The largest absolute Gasteiger partial charge is 0.508 e. The minimum Gasteiger partial charge on any atom is -0.508 e.